The van der Waals surface area contributed by atoms with Crippen molar-refractivity contribution in [2.24, 2.45) is 0 Å². The second-order valence-corrected chi connectivity index (χ2v) is 4.61. The molecule has 0 aliphatic carbocycles. The highest BCUT2D eigenvalue weighted by atomic mass is 16.5. The molecule has 1 atom stereocenters. The van der Waals surface area contributed by atoms with E-state index >= 15 is 0 Å². The van der Waals surface area contributed by atoms with E-state index in [2.05, 4.69) is 0 Å². The molecule has 0 aromatic heterocycles. The van der Waals surface area contributed by atoms with Crippen LogP contribution in [0, 0.1) is 13.8 Å². The SMILES string of the molecule is COc1ccc(CN(C)C(C)C(=O)O)c(C)c1C. The van der Waals surface area contributed by atoms with Crippen molar-refractivity contribution in [1.82, 2.24) is 4.90 Å². The normalized spacial score (nSPS) is 12.6. The molecule has 1 N–H and O–H groups in total. The third-order valence-corrected chi connectivity index (χ3v) is 3.51. The van der Waals surface area contributed by atoms with E-state index in [9.17, 15) is 4.79 Å². The van der Waals surface area contributed by atoms with Crippen molar-refractivity contribution in [3.63, 3.8) is 0 Å². The third kappa shape index (κ3) is 3.01. The summed E-state index contributed by atoms with van der Waals surface area (Å²) in [6.07, 6.45) is 0. The van der Waals surface area contributed by atoms with E-state index in [1.807, 2.05) is 37.9 Å². The van der Waals surface area contributed by atoms with Crippen molar-refractivity contribution in [2.75, 3.05) is 14.2 Å². The van der Waals surface area contributed by atoms with Crippen LogP contribution in [-0.2, 0) is 11.3 Å². The van der Waals surface area contributed by atoms with Crippen LogP contribution in [0.25, 0.3) is 0 Å². The van der Waals surface area contributed by atoms with Gasteiger partial charge >= 0.3 is 5.97 Å². The molecule has 0 bridgehead atoms. The van der Waals surface area contributed by atoms with E-state index in [0.29, 0.717) is 6.54 Å². The number of benzene rings is 1. The lowest BCUT2D eigenvalue weighted by atomic mass is 10.0. The Bertz CT molecular complexity index is 443. The predicted molar refractivity (Wildman–Crippen MR) is 71.0 cm³/mol. The Morgan fingerprint density at radius 3 is 2.50 bits per heavy atom. The van der Waals surface area contributed by atoms with E-state index in [0.717, 1.165) is 22.4 Å². The minimum atomic E-state index is -0.805. The van der Waals surface area contributed by atoms with E-state index in [1.54, 1.807) is 14.0 Å². The van der Waals surface area contributed by atoms with Crippen molar-refractivity contribution in [1.29, 1.82) is 0 Å². The zero-order chi connectivity index (χ0) is 13.9. The van der Waals surface area contributed by atoms with Crippen LogP contribution >= 0.6 is 0 Å². The van der Waals surface area contributed by atoms with E-state index in [-0.39, 0.29) is 0 Å². The molecule has 1 aromatic carbocycles. The highest BCUT2D eigenvalue weighted by Crippen LogP contribution is 2.24. The van der Waals surface area contributed by atoms with Gasteiger partial charge in [-0.25, -0.2) is 0 Å². The molecule has 0 aliphatic rings. The zero-order valence-corrected chi connectivity index (χ0v) is 11.7. The second-order valence-electron chi connectivity index (χ2n) is 4.61. The number of carboxylic acids is 1. The quantitative estimate of drug-likeness (QED) is 0.871. The Hall–Kier alpha value is -1.55. The minimum absolute atomic E-state index is 0.494. The van der Waals surface area contributed by atoms with Crippen LogP contribution in [0.4, 0.5) is 0 Å². The van der Waals surface area contributed by atoms with Crippen LogP contribution in [0.1, 0.15) is 23.6 Å². The maximum Gasteiger partial charge on any atom is 0.320 e. The van der Waals surface area contributed by atoms with Crippen LogP contribution in [0.5, 0.6) is 5.75 Å². The Kier molecular flexibility index (Phi) is 4.73. The van der Waals surface area contributed by atoms with Gasteiger partial charge in [-0.2, -0.15) is 0 Å². The molecule has 100 valence electrons. The van der Waals surface area contributed by atoms with E-state index in [4.69, 9.17) is 9.84 Å². The molecule has 0 aliphatic heterocycles. The molecule has 0 heterocycles. The number of ether oxygens (including phenoxy) is 1. The first-order valence-electron chi connectivity index (χ1n) is 5.94. The monoisotopic (exact) mass is 251 g/mol. The molecule has 0 amide bonds. The first-order chi connectivity index (χ1) is 8.38. The number of hydrogen-bond acceptors (Lipinski definition) is 3. The van der Waals surface area contributed by atoms with Crippen LogP contribution in [0.15, 0.2) is 12.1 Å². The Labute approximate surface area is 108 Å². The number of methoxy groups -OCH3 is 1. The van der Waals surface area contributed by atoms with Gasteiger partial charge < -0.3 is 9.84 Å². The zero-order valence-electron chi connectivity index (χ0n) is 11.7. The molecule has 1 rings (SSSR count). The number of nitrogens with zero attached hydrogens (tertiary/aromatic N) is 1. The van der Waals surface area contributed by atoms with Gasteiger partial charge in [0.15, 0.2) is 0 Å². The summed E-state index contributed by atoms with van der Waals surface area (Å²) in [4.78, 5) is 12.7. The van der Waals surface area contributed by atoms with Crippen molar-refractivity contribution in [3.05, 3.63) is 28.8 Å². The number of rotatable bonds is 5. The van der Waals surface area contributed by atoms with E-state index in [1.165, 1.54) is 0 Å². The summed E-state index contributed by atoms with van der Waals surface area (Å²) < 4.78 is 5.26. The highest BCUT2D eigenvalue weighted by Gasteiger charge is 2.18. The van der Waals surface area contributed by atoms with Crippen LogP contribution in [0.2, 0.25) is 0 Å². The average Bonchev–Trinajstić information content (AvgIpc) is 2.34. The Balaban J connectivity index is 2.92. The van der Waals surface area contributed by atoms with Gasteiger partial charge in [0.25, 0.3) is 0 Å². The summed E-state index contributed by atoms with van der Waals surface area (Å²) in [6.45, 7) is 6.35. The summed E-state index contributed by atoms with van der Waals surface area (Å²) in [5.74, 6) is 0.0607. The van der Waals surface area contributed by atoms with Crippen molar-refractivity contribution < 1.29 is 14.6 Å². The lowest BCUT2D eigenvalue weighted by molar-refractivity contribution is -0.142. The number of aliphatic carboxylic acids is 1. The molecule has 1 unspecified atom stereocenters. The molecule has 1 aromatic rings. The number of carbonyl (C=O) groups is 1. The summed E-state index contributed by atoms with van der Waals surface area (Å²) in [6, 6.07) is 3.43. The van der Waals surface area contributed by atoms with Gasteiger partial charge in [-0.15, -0.1) is 0 Å². The van der Waals surface area contributed by atoms with Gasteiger partial charge in [0.05, 0.1) is 7.11 Å². The molecular weight excluding hydrogens is 230 g/mol. The lowest BCUT2D eigenvalue weighted by Gasteiger charge is -2.23. The predicted octanol–water partition coefficient (Wildman–Crippen LogP) is 2.22. The number of carboxylic acid groups (broad SMARTS) is 1. The van der Waals surface area contributed by atoms with Crippen molar-refractivity contribution in [2.45, 2.75) is 33.4 Å². The van der Waals surface area contributed by atoms with Gasteiger partial charge in [-0.3, -0.25) is 9.69 Å². The fraction of sp³-hybridized carbons (Fsp3) is 0.500. The molecule has 0 spiro atoms. The van der Waals surface area contributed by atoms with Crippen LogP contribution < -0.4 is 4.74 Å². The molecule has 4 heteroatoms. The topological polar surface area (TPSA) is 49.8 Å². The van der Waals surface area contributed by atoms with Crippen molar-refractivity contribution >= 4 is 5.97 Å². The smallest absolute Gasteiger partial charge is 0.320 e. The van der Waals surface area contributed by atoms with Crippen LogP contribution in [-0.4, -0.2) is 36.2 Å². The summed E-state index contributed by atoms with van der Waals surface area (Å²) in [7, 11) is 3.47. The Morgan fingerprint density at radius 1 is 1.39 bits per heavy atom. The number of likely N-dealkylation sites (N-methyl/N-ethyl adjacent to an activating group) is 1. The largest absolute Gasteiger partial charge is 0.496 e. The van der Waals surface area contributed by atoms with Gasteiger partial charge in [-0.1, -0.05) is 6.07 Å². The molecular formula is C14H21NO3. The molecule has 0 fully saturated rings. The molecule has 4 nitrogen and oxygen atoms in total. The van der Waals surface area contributed by atoms with Crippen LogP contribution in [0.3, 0.4) is 0 Å². The fourth-order valence-corrected chi connectivity index (χ4v) is 1.84. The molecule has 18 heavy (non-hydrogen) atoms. The van der Waals surface area contributed by atoms with Gasteiger partial charge in [0.2, 0.25) is 0 Å². The molecule has 0 saturated carbocycles. The Morgan fingerprint density at radius 2 is 2.00 bits per heavy atom. The third-order valence-electron chi connectivity index (χ3n) is 3.51. The maximum absolute atomic E-state index is 10.9. The maximum atomic E-state index is 10.9. The number of hydrogen-bond donors (Lipinski definition) is 1. The summed E-state index contributed by atoms with van der Waals surface area (Å²) in [5, 5.41) is 8.97. The standard InChI is InChI=1S/C14H21NO3/c1-9-10(2)13(18-5)7-6-12(9)8-15(4)11(3)14(16)17/h6-7,11H,8H2,1-5H3,(H,16,17). The second kappa shape index (κ2) is 5.87. The average molecular weight is 251 g/mol. The molecule has 0 radical (unpaired) electrons. The first kappa shape index (κ1) is 14.5. The van der Waals surface area contributed by atoms with Gasteiger partial charge in [0.1, 0.15) is 11.8 Å². The highest BCUT2D eigenvalue weighted by molar-refractivity contribution is 5.72. The van der Waals surface area contributed by atoms with Crippen molar-refractivity contribution in [3.8, 4) is 5.75 Å². The fourth-order valence-electron chi connectivity index (χ4n) is 1.84. The van der Waals surface area contributed by atoms with Gasteiger partial charge in [-0.05, 0) is 50.6 Å². The minimum Gasteiger partial charge on any atom is -0.496 e. The van der Waals surface area contributed by atoms with E-state index < -0.39 is 12.0 Å². The summed E-state index contributed by atoms with van der Waals surface area (Å²) in [5.41, 5.74) is 3.38. The first-order valence-corrected chi connectivity index (χ1v) is 5.94. The molecule has 0 saturated heterocycles. The van der Waals surface area contributed by atoms with Gasteiger partial charge in [0, 0.05) is 6.54 Å². The lowest BCUT2D eigenvalue weighted by Crippen LogP contribution is -2.35. The summed E-state index contributed by atoms with van der Waals surface area (Å²) >= 11 is 0.